The molecule has 2 aromatic rings. The van der Waals surface area contributed by atoms with Gasteiger partial charge in [-0.25, -0.2) is 9.48 Å². The number of carbonyl (C=O) groups is 2. The third kappa shape index (κ3) is 3.34. The molecule has 0 saturated carbocycles. The first kappa shape index (κ1) is 16.7. The molecule has 1 aromatic heterocycles. The highest BCUT2D eigenvalue weighted by Gasteiger charge is 2.41. The van der Waals surface area contributed by atoms with Gasteiger partial charge in [0, 0.05) is 36.7 Å². The van der Waals surface area contributed by atoms with Gasteiger partial charge in [0.2, 0.25) is 0 Å². The van der Waals surface area contributed by atoms with Gasteiger partial charge in [-0.3, -0.25) is 4.79 Å². The molecule has 0 radical (unpaired) electrons. The Hall–Kier alpha value is -2.19. The fraction of sp³-hybridized carbons (Fsp3) is 0.312. The van der Waals surface area contributed by atoms with Crippen LogP contribution in [0.1, 0.15) is 23.2 Å². The van der Waals surface area contributed by atoms with Crippen LogP contribution in [0, 0.1) is 0 Å². The smallest absolute Gasteiger partial charge is 0.329 e. The minimum atomic E-state index is -1.28. The van der Waals surface area contributed by atoms with Crippen molar-refractivity contribution in [3.8, 4) is 5.69 Å². The molecule has 1 aromatic carbocycles. The summed E-state index contributed by atoms with van der Waals surface area (Å²) in [6.07, 6.45) is 3.49. The highest BCUT2D eigenvalue weighted by atomic mass is 79.9. The zero-order chi connectivity index (χ0) is 17.2. The number of amides is 1. The maximum atomic E-state index is 12.4. The second-order valence-electron chi connectivity index (χ2n) is 5.60. The molecular formula is C16H16BrN3O4. The average molecular weight is 394 g/mol. The maximum Gasteiger partial charge on any atom is 0.329 e. The molecule has 1 fully saturated rings. The number of nitrogens with zero attached hydrogens (tertiary/aromatic N) is 2. The largest absolute Gasteiger partial charge is 0.480 e. The second-order valence-corrected chi connectivity index (χ2v) is 6.52. The molecule has 0 atom stereocenters. The topological polar surface area (TPSA) is 93.5 Å². The van der Waals surface area contributed by atoms with Gasteiger partial charge >= 0.3 is 5.97 Å². The molecule has 1 aliphatic heterocycles. The van der Waals surface area contributed by atoms with Gasteiger partial charge in [-0.1, -0.05) is 15.9 Å². The maximum absolute atomic E-state index is 12.4. The zero-order valence-electron chi connectivity index (χ0n) is 12.7. The number of hydrogen-bond donors (Lipinski definition) is 2. The molecule has 7 nitrogen and oxygen atoms in total. The summed E-state index contributed by atoms with van der Waals surface area (Å²) in [7, 11) is 0. The Morgan fingerprint density at radius 1 is 1.25 bits per heavy atom. The number of carbonyl (C=O) groups excluding carboxylic acids is 1. The Morgan fingerprint density at radius 3 is 2.54 bits per heavy atom. The van der Waals surface area contributed by atoms with Crippen molar-refractivity contribution in [2.24, 2.45) is 0 Å². The van der Waals surface area contributed by atoms with Gasteiger partial charge in [-0.2, -0.15) is 5.10 Å². The van der Waals surface area contributed by atoms with Crippen molar-refractivity contribution in [2.75, 3.05) is 13.2 Å². The second kappa shape index (κ2) is 6.74. The SMILES string of the molecule is O=C(NC1(C(=O)O)CCOCC1)c1cnn(-c2ccc(Br)cc2)c1. The normalized spacial score (nSPS) is 16.5. The number of carboxylic acids is 1. The van der Waals surface area contributed by atoms with E-state index in [9.17, 15) is 14.7 Å². The monoisotopic (exact) mass is 393 g/mol. The lowest BCUT2D eigenvalue weighted by molar-refractivity contribution is -0.148. The molecule has 1 amide bonds. The van der Waals surface area contributed by atoms with Crippen molar-refractivity contribution in [3.63, 3.8) is 0 Å². The summed E-state index contributed by atoms with van der Waals surface area (Å²) >= 11 is 3.36. The molecule has 1 saturated heterocycles. The number of nitrogens with one attached hydrogen (secondary N) is 1. The molecule has 126 valence electrons. The van der Waals surface area contributed by atoms with E-state index in [4.69, 9.17) is 4.74 Å². The molecule has 2 N–H and O–H groups in total. The number of rotatable bonds is 4. The first-order chi connectivity index (χ1) is 11.5. The molecule has 3 rings (SSSR count). The summed E-state index contributed by atoms with van der Waals surface area (Å²) in [6.45, 7) is 0.621. The zero-order valence-corrected chi connectivity index (χ0v) is 14.3. The van der Waals surface area contributed by atoms with Crippen LogP contribution in [-0.4, -0.2) is 45.5 Å². The number of aliphatic carboxylic acids is 1. The lowest BCUT2D eigenvalue weighted by Crippen LogP contribution is -2.57. The quantitative estimate of drug-likeness (QED) is 0.828. The van der Waals surface area contributed by atoms with Crippen LogP contribution in [0.5, 0.6) is 0 Å². The van der Waals surface area contributed by atoms with Crippen molar-refractivity contribution in [3.05, 3.63) is 46.7 Å². The Labute approximate surface area is 146 Å². The molecule has 2 heterocycles. The van der Waals surface area contributed by atoms with E-state index in [1.807, 2.05) is 24.3 Å². The number of ether oxygens (including phenoxy) is 1. The summed E-state index contributed by atoms with van der Waals surface area (Å²) in [5.41, 5.74) is -0.170. The van der Waals surface area contributed by atoms with Crippen LogP contribution >= 0.6 is 15.9 Å². The van der Waals surface area contributed by atoms with Gasteiger partial charge in [-0.15, -0.1) is 0 Å². The van der Waals surface area contributed by atoms with E-state index in [0.717, 1.165) is 10.2 Å². The van der Waals surface area contributed by atoms with Crippen molar-refractivity contribution in [2.45, 2.75) is 18.4 Å². The van der Waals surface area contributed by atoms with Crippen LogP contribution < -0.4 is 5.32 Å². The average Bonchev–Trinajstić information content (AvgIpc) is 3.06. The summed E-state index contributed by atoms with van der Waals surface area (Å²) in [5.74, 6) is -1.50. The molecule has 24 heavy (non-hydrogen) atoms. The summed E-state index contributed by atoms with van der Waals surface area (Å²) in [4.78, 5) is 24.1. The number of carboxylic acid groups (broad SMARTS) is 1. The predicted molar refractivity (Wildman–Crippen MR) is 89.2 cm³/mol. The number of halogens is 1. The molecule has 0 bridgehead atoms. The third-order valence-corrected chi connectivity index (χ3v) is 4.57. The molecule has 0 spiro atoms. The van der Waals surface area contributed by atoms with Crippen LogP contribution in [0.25, 0.3) is 5.69 Å². The molecule has 0 unspecified atom stereocenters. The Balaban J connectivity index is 1.78. The van der Waals surface area contributed by atoms with E-state index in [1.54, 1.807) is 10.9 Å². The highest BCUT2D eigenvalue weighted by Crippen LogP contribution is 2.22. The number of hydrogen-bond acceptors (Lipinski definition) is 4. The van der Waals surface area contributed by atoms with Crippen LogP contribution in [-0.2, 0) is 9.53 Å². The minimum absolute atomic E-state index is 0.245. The van der Waals surface area contributed by atoms with E-state index in [1.165, 1.54) is 6.20 Å². The van der Waals surface area contributed by atoms with Crippen molar-refractivity contribution in [1.82, 2.24) is 15.1 Å². The lowest BCUT2D eigenvalue weighted by Gasteiger charge is -2.33. The Kier molecular flexibility index (Phi) is 4.68. The van der Waals surface area contributed by atoms with Gasteiger partial charge in [0.25, 0.3) is 5.91 Å². The highest BCUT2D eigenvalue weighted by molar-refractivity contribution is 9.10. The van der Waals surface area contributed by atoms with Gasteiger partial charge in [0.1, 0.15) is 5.54 Å². The molecule has 1 aliphatic rings. The van der Waals surface area contributed by atoms with E-state index in [2.05, 4.69) is 26.3 Å². The fourth-order valence-electron chi connectivity index (χ4n) is 2.58. The van der Waals surface area contributed by atoms with Crippen molar-refractivity contribution < 1.29 is 19.4 Å². The third-order valence-electron chi connectivity index (χ3n) is 4.04. The van der Waals surface area contributed by atoms with Crippen LogP contribution in [0.4, 0.5) is 0 Å². The first-order valence-corrected chi connectivity index (χ1v) is 8.24. The van der Waals surface area contributed by atoms with Crippen LogP contribution in [0.15, 0.2) is 41.1 Å². The first-order valence-electron chi connectivity index (χ1n) is 7.44. The Morgan fingerprint density at radius 2 is 1.92 bits per heavy atom. The number of benzene rings is 1. The van der Waals surface area contributed by atoms with E-state index >= 15 is 0 Å². The molecular weight excluding hydrogens is 378 g/mol. The minimum Gasteiger partial charge on any atom is -0.480 e. The van der Waals surface area contributed by atoms with Gasteiger partial charge < -0.3 is 15.2 Å². The summed E-state index contributed by atoms with van der Waals surface area (Å²) in [5, 5.41) is 16.3. The van der Waals surface area contributed by atoms with E-state index < -0.39 is 17.4 Å². The van der Waals surface area contributed by atoms with Gasteiger partial charge in [0.05, 0.1) is 17.4 Å². The number of aromatic nitrogens is 2. The Bertz CT molecular complexity index is 751. The predicted octanol–water partition coefficient (Wildman–Crippen LogP) is 2.00. The lowest BCUT2D eigenvalue weighted by atomic mass is 9.90. The fourth-order valence-corrected chi connectivity index (χ4v) is 2.84. The van der Waals surface area contributed by atoms with Crippen LogP contribution in [0.2, 0.25) is 0 Å². The van der Waals surface area contributed by atoms with E-state index in [-0.39, 0.29) is 12.8 Å². The summed E-state index contributed by atoms with van der Waals surface area (Å²) in [6, 6.07) is 7.46. The van der Waals surface area contributed by atoms with Gasteiger partial charge in [-0.05, 0) is 24.3 Å². The molecule has 8 heteroatoms. The standard InChI is InChI=1S/C16H16BrN3O4/c17-12-1-3-13(4-2-12)20-10-11(9-18-20)14(21)19-16(15(22)23)5-7-24-8-6-16/h1-4,9-10H,5-8H2,(H,19,21)(H,22,23). The van der Waals surface area contributed by atoms with Crippen LogP contribution in [0.3, 0.4) is 0 Å². The molecule has 0 aliphatic carbocycles. The van der Waals surface area contributed by atoms with Crippen molar-refractivity contribution >= 4 is 27.8 Å². The van der Waals surface area contributed by atoms with E-state index in [0.29, 0.717) is 18.8 Å². The summed E-state index contributed by atoms with van der Waals surface area (Å²) < 4.78 is 7.71. The van der Waals surface area contributed by atoms with Crippen molar-refractivity contribution in [1.29, 1.82) is 0 Å². The van der Waals surface area contributed by atoms with Gasteiger partial charge in [0.15, 0.2) is 0 Å².